The van der Waals surface area contributed by atoms with Crippen LogP contribution in [-0.2, 0) is 17.8 Å². The molecule has 114 valence electrons. The maximum atomic E-state index is 10.5. The first-order valence-corrected chi connectivity index (χ1v) is 7.83. The highest BCUT2D eigenvalue weighted by molar-refractivity contribution is 5.69. The third-order valence-electron chi connectivity index (χ3n) is 3.41. The van der Waals surface area contributed by atoms with E-state index in [9.17, 15) is 4.79 Å². The summed E-state index contributed by atoms with van der Waals surface area (Å²) in [6.45, 7) is 3.08. The van der Waals surface area contributed by atoms with Crippen molar-refractivity contribution in [2.45, 2.75) is 77.7 Å². The van der Waals surface area contributed by atoms with Crippen LogP contribution >= 0.6 is 0 Å². The van der Waals surface area contributed by atoms with Crippen molar-refractivity contribution in [2.75, 3.05) is 0 Å². The van der Waals surface area contributed by atoms with Crippen LogP contribution in [0.1, 0.15) is 70.4 Å². The van der Waals surface area contributed by atoms with Crippen molar-refractivity contribution in [3.05, 3.63) is 11.9 Å². The molecule has 1 aromatic rings. The van der Waals surface area contributed by atoms with E-state index in [1.807, 2.05) is 0 Å². The van der Waals surface area contributed by atoms with Gasteiger partial charge in [-0.15, -0.1) is 5.10 Å². The fourth-order valence-corrected chi connectivity index (χ4v) is 2.27. The molecule has 0 saturated heterocycles. The van der Waals surface area contributed by atoms with Crippen molar-refractivity contribution in [2.24, 2.45) is 0 Å². The van der Waals surface area contributed by atoms with E-state index in [1.54, 1.807) is 10.9 Å². The molecular formula is C15H27N3O2. The van der Waals surface area contributed by atoms with E-state index >= 15 is 0 Å². The Morgan fingerprint density at radius 2 is 1.70 bits per heavy atom. The van der Waals surface area contributed by atoms with Crippen LogP contribution in [0.5, 0.6) is 0 Å². The molecule has 0 amide bonds. The second kappa shape index (κ2) is 10.4. The predicted octanol–water partition coefficient (Wildman–Crippen LogP) is 3.44. The molecule has 1 N–H and O–H groups in total. The molecule has 0 aliphatic heterocycles. The summed E-state index contributed by atoms with van der Waals surface area (Å²) in [6.07, 6.45) is 13.4. The van der Waals surface area contributed by atoms with E-state index in [0.717, 1.165) is 13.0 Å². The summed E-state index contributed by atoms with van der Waals surface area (Å²) in [7, 11) is 0. The number of nitrogens with zero attached hydrogens (tertiary/aromatic N) is 3. The molecule has 1 aromatic heterocycles. The van der Waals surface area contributed by atoms with Gasteiger partial charge in [0.2, 0.25) is 0 Å². The zero-order valence-electron chi connectivity index (χ0n) is 12.6. The molecule has 0 aromatic carbocycles. The molecule has 0 aliphatic carbocycles. The van der Waals surface area contributed by atoms with Crippen LogP contribution in [0.2, 0.25) is 0 Å². The summed E-state index contributed by atoms with van der Waals surface area (Å²) in [6, 6.07) is 0. The van der Waals surface area contributed by atoms with Crippen molar-refractivity contribution in [1.29, 1.82) is 0 Å². The number of hydrogen-bond donors (Lipinski definition) is 1. The predicted molar refractivity (Wildman–Crippen MR) is 78.6 cm³/mol. The van der Waals surface area contributed by atoms with Crippen LogP contribution in [0.3, 0.4) is 0 Å². The van der Waals surface area contributed by atoms with Gasteiger partial charge in [0.1, 0.15) is 0 Å². The molecule has 1 rings (SSSR count). The number of aryl methyl sites for hydroxylation is 1. The Morgan fingerprint density at radius 3 is 2.30 bits per heavy atom. The highest BCUT2D eigenvalue weighted by Gasteiger charge is 2.05. The number of carbonyl (C=O) groups is 1. The lowest BCUT2D eigenvalue weighted by molar-refractivity contribution is -0.136. The van der Waals surface area contributed by atoms with E-state index < -0.39 is 5.97 Å². The minimum Gasteiger partial charge on any atom is -0.481 e. The Bertz CT molecular complexity index is 377. The van der Waals surface area contributed by atoms with Crippen molar-refractivity contribution in [3.63, 3.8) is 0 Å². The Kier molecular flexibility index (Phi) is 8.67. The van der Waals surface area contributed by atoms with E-state index in [2.05, 4.69) is 17.2 Å². The average molecular weight is 281 g/mol. The summed E-state index contributed by atoms with van der Waals surface area (Å²) >= 11 is 0. The number of carboxylic acid groups (broad SMARTS) is 1. The molecule has 1 heterocycles. The van der Waals surface area contributed by atoms with Crippen LogP contribution in [0.25, 0.3) is 0 Å². The van der Waals surface area contributed by atoms with Gasteiger partial charge < -0.3 is 5.11 Å². The minimum atomic E-state index is -0.861. The van der Waals surface area contributed by atoms with Gasteiger partial charge in [0, 0.05) is 12.7 Å². The van der Waals surface area contributed by atoms with Gasteiger partial charge in [0.05, 0.1) is 12.1 Å². The Labute approximate surface area is 121 Å². The quantitative estimate of drug-likeness (QED) is 0.596. The molecule has 0 saturated carbocycles. The Balaban J connectivity index is 1.98. The summed E-state index contributed by atoms with van der Waals surface area (Å²) < 4.78 is 1.75. The van der Waals surface area contributed by atoms with Crippen LogP contribution < -0.4 is 0 Å². The van der Waals surface area contributed by atoms with Crippen molar-refractivity contribution in [3.8, 4) is 0 Å². The van der Waals surface area contributed by atoms with Crippen molar-refractivity contribution >= 4 is 5.97 Å². The fourth-order valence-electron chi connectivity index (χ4n) is 2.27. The molecule has 5 nitrogen and oxygen atoms in total. The number of aliphatic carboxylic acids is 1. The first-order valence-electron chi connectivity index (χ1n) is 7.83. The Hall–Kier alpha value is -1.39. The van der Waals surface area contributed by atoms with Crippen molar-refractivity contribution < 1.29 is 9.90 Å². The fraction of sp³-hybridized carbons (Fsp3) is 0.800. The largest absolute Gasteiger partial charge is 0.481 e. The van der Waals surface area contributed by atoms with E-state index in [-0.39, 0.29) is 6.42 Å². The topological polar surface area (TPSA) is 68.0 Å². The molecule has 0 radical (unpaired) electrons. The van der Waals surface area contributed by atoms with Gasteiger partial charge in [-0.3, -0.25) is 9.48 Å². The number of rotatable bonds is 12. The molecule has 0 unspecified atom stereocenters. The third-order valence-corrected chi connectivity index (χ3v) is 3.41. The first-order chi connectivity index (χ1) is 9.72. The van der Waals surface area contributed by atoms with E-state index in [1.165, 1.54) is 51.4 Å². The van der Waals surface area contributed by atoms with E-state index in [4.69, 9.17) is 5.11 Å². The lowest BCUT2D eigenvalue weighted by Crippen LogP contribution is -2.00. The normalized spacial score (nSPS) is 10.8. The molecule has 20 heavy (non-hydrogen) atoms. The van der Waals surface area contributed by atoms with Gasteiger partial charge in [-0.2, -0.15) is 0 Å². The second-order valence-electron chi connectivity index (χ2n) is 5.37. The Morgan fingerprint density at radius 1 is 1.10 bits per heavy atom. The monoisotopic (exact) mass is 281 g/mol. The number of carboxylic acids is 1. The molecule has 0 spiro atoms. The lowest BCUT2D eigenvalue weighted by Gasteiger charge is -2.02. The van der Waals surface area contributed by atoms with Crippen LogP contribution in [0.4, 0.5) is 0 Å². The molecule has 0 aliphatic rings. The molecule has 0 bridgehead atoms. The average Bonchev–Trinajstić information content (AvgIpc) is 2.83. The van der Waals surface area contributed by atoms with Gasteiger partial charge >= 0.3 is 5.97 Å². The number of aromatic nitrogens is 3. The SMILES string of the molecule is CCCCCCCCCCCn1cc(CC(=O)O)nn1. The van der Waals surface area contributed by atoms with E-state index in [0.29, 0.717) is 5.69 Å². The van der Waals surface area contributed by atoms with Crippen LogP contribution in [0, 0.1) is 0 Å². The van der Waals surface area contributed by atoms with Crippen molar-refractivity contribution in [1.82, 2.24) is 15.0 Å². The maximum Gasteiger partial charge on any atom is 0.309 e. The summed E-state index contributed by atoms with van der Waals surface area (Å²) in [4.78, 5) is 10.5. The van der Waals surface area contributed by atoms with Crippen LogP contribution in [0.15, 0.2) is 6.20 Å². The van der Waals surface area contributed by atoms with Crippen LogP contribution in [-0.4, -0.2) is 26.1 Å². The first kappa shape index (κ1) is 16.7. The molecule has 0 fully saturated rings. The lowest BCUT2D eigenvalue weighted by atomic mass is 10.1. The van der Waals surface area contributed by atoms with Gasteiger partial charge in [0.25, 0.3) is 0 Å². The zero-order chi connectivity index (χ0) is 14.6. The maximum absolute atomic E-state index is 10.5. The second-order valence-corrected chi connectivity index (χ2v) is 5.37. The molecule has 5 heteroatoms. The minimum absolute atomic E-state index is 0.0439. The standard InChI is InChI=1S/C15H27N3O2/c1-2-3-4-5-6-7-8-9-10-11-18-13-14(16-17-18)12-15(19)20/h13H,2-12H2,1H3,(H,19,20). The highest BCUT2D eigenvalue weighted by Crippen LogP contribution is 2.10. The van der Waals surface area contributed by atoms with Gasteiger partial charge in [-0.25, -0.2) is 0 Å². The van der Waals surface area contributed by atoms with Gasteiger partial charge in [0.15, 0.2) is 0 Å². The summed E-state index contributed by atoms with van der Waals surface area (Å²) in [5.74, 6) is -0.861. The molecule has 0 atom stereocenters. The summed E-state index contributed by atoms with van der Waals surface area (Å²) in [5.41, 5.74) is 0.536. The number of hydrogen-bond acceptors (Lipinski definition) is 3. The highest BCUT2D eigenvalue weighted by atomic mass is 16.4. The zero-order valence-corrected chi connectivity index (χ0v) is 12.6. The third kappa shape index (κ3) is 7.92. The summed E-state index contributed by atoms with van der Waals surface area (Å²) in [5, 5.41) is 16.4. The smallest absolute Gasteiger partial charge is 0.309 e. The number of unbranched alkanes of at least 4 members (excludes halogenated alkanes) is 8. The van der Waals surface area contributed by atoms with Gasteiger partial charge in [-0.05, 0) is 6.42 Å². The van der Waals surface area contributed by atoms with Gasteiger partial charge in [-0.1, -0.05) is 63.5 Å². The molecular weight excluding hydrogens is 254 g/mol.